The smallest absolute Gasteiger partial charge is 0.241 e. The third-order valence-electron chi connectivity index (χ3n) is 2.18. The normalized spacial score (nSPS) is 9.82. The van der Waals surface area contributed by atoms with Crippen molar-refractivity contribution >= 4 is 44.7 Å². The Bertz CT molecular complexity index is 448. The lowest BCUT2D eigenvalue weighted by Crippen LogP contribution is -2.28. The molecular formula is C11H14BrN3OS. The van der Waals surface area contributed by atoms with Gasteiger partial charge in [0.2, 0.25) is 5.91 Å². The maximum Gasteiger partial charge on any atom is 0.241 e. The molecule has 0 unspecified atom stereocenters. The first-order valence-corrected chi connectivity index (χ1v) is 6.15. The van der Waals surface area contributed by atoms with Crippen molar-refractivity contribution in [3.8, 4) is 0 Å². The summed E-state index contributed by atoms with van der Waals surface area (Å²) in [6.45, 7) is 0.248. The number of amides is 1. The van der Waals surface area contributed by atoms with Gasteiger partial charge >= 0.3 is 0 Å². The molecule has 1 aromatic carbocycles. The predicted molar refractivity (Wildman–Crippen MR) is 77.2 cm³/mol. The summed E-state index contributed by atoms with van der Waals surface area (Å²) in [7, 11) is 3.43. The van der Waals surface area contributed by atoms with Gasteiger partial charge in [0.1, 0.15) is 4.99 Å². The van der Waals surface area contributed by atoms with Crippen molar-refractivity contribution in [3.63, 3.8) is 0 Å². The molecule has 0 fully saturated rings. The summed E-state index contributed by atoms with van der Waals surface area (Å²) in [5.74, 6) is 0.00956. The minimum Gasteiger partial charge on any atom is -0.389 e. The van der Waals surface area contributed by atoms with Crippen molar-refractivity contribution in [1.82, 2.24) is 4.90 Å². The van der Waals surface area contributed by atoms with Crippen LogP contribution >= 0.6 is 28.1 Å². The minimum atomic E-state index is 0.00956. The van der Waals surface area contributed by atoms with Gasteiger partial charge in [-0.15, -0.1) is 0 Å². The monoisotopic (exact) mass is 315 g/mol. The average molecular weight is 316 g/mol. The highest BCUT2D eigenvalue weighted by molar-refractivity contribution is 9.10. The number of likely N-dealkylation sites (N-methyl/N-ethyl adjacent to an activating group) is 1. The van der Waals surface area contributed by atoms with E-state index in [1.54, 1.807) is 14.1 Å². The number of nitrogens with two attached hydrogens (primary N) is 1. The Labute approximate surface area is 114 Å². The lowest BCUT2D eigenvalue weighted by atomic mass is 10.2. The van der Waals surface area contributed by atoms with Crippen LogP contribution in [0.4, 0.5) is 5.69 Å². The summed E-state index contributed by atoms with van der Waals surface area (Å²) >= 11 is 8.28. The third-order valence-corrected chi connectivity index (χ3v) is 3.07. The number of rotatable bonds is 4. The molecule has 1 aromatic rings. The van der Waals surface area contributed by atoms with E-state index in [0.717, 1.165) is 15.7 Å². The molecule has 6 heteroatoms. The van der Waals surface area contributed by atoms with E-state index in [1.165, 1.54) is 4.90 Å². The summed E-state index contributed by atoms with van der Waals surface area (Å²) < 4.78 is 0.828. The molecule has 0 saturated carbocycles. The van der Waals surface area contributed by atoms with Crippen LogP contribution in [0.25, 0.3) is 0 Å². The number of carbonyl (C=O) groups is 1. The Kier molecular flexibility index (Phi) is 4.89. The van der Waals surface area contributed by atoms with E-state index in [-0.39, 0.29) is 12.5 Å². The van der Waals surface area contributed by atoms with Crippen LogP contribution in [-0.2, 0) is 4.79 Å². The van der Waals surface area contributed by atoms with Crippen molar-refractivity contribution < 1.29 is 4.79 Å². The third kappa shape index (κ3) is 3.98. The highest BCUT2D eigenvalue weighted by Gasteiger charge is 2.06. The van der Waals surface area contributed by atoms with Crippen molar-refractivity contribution in [2.24, 2.45) is 5.73 Å². The molecule has 0 aliphatic carbocycles. The maximum atomic E-state index is 11.4. The molecule has 0 heterocycles. The molecule has 1 rings (SSSR count). The van der Waals surface area contributed by atoms with E-state index in [0.29, 0.717) is 4.99 Å². The number of nitrogens with zero attached hydrogens (tertiary/aromatic N) is 1. The van der Waals surface area contributed by atoms with Gasteiger partial charge in [-0.1, -0.05) is 12.2 Å². The molecule has 0 atom stereocenters. The first-order chi connectivity index (χ1) is 7.91. The predicted octanol–water partition coefficient (Wildman–Crippen LogP) is 1.58. The van der Waals surface area contributed by atoms with Gasteiger partial charge < -0.3 is 16.0 Å². The zero-order valence-electron chi connectivity index (χ0n) is 9.66. The van der Waals surface area contributed by atoms with Crippen LogP contribution in [0.2, 0.25) is 0 Å². The second kappa shape index (κ2) is 5.97. The van der Waals surface area contributed by atoms with Gasteiger partial charge in [-0.05, 0) is 34.1 Å². The van der Waals surface area contributed by atoms with Crippen LogP contribution in [-0.4, -0.2) is 36.4 Å². The minimum absolute atomic E-state index is 0.00956. The average Bonchev–Trinajstić information content (AvgIpc) is 2.26. The number of halogens is 1. The zero-order valence-corrected chi connectivity index (χ0v) is 12.1. The summed E-state index contributed by atoms with van der Waals surface area (Å²) in [6, 6.07) is 5.47. The lowest BCUT2D eigenvalue weighted by molar-refractivity contribution is -0.126. The molecule has 0 spiro atoms. The number of carbonyl (C=O) groups excluding carboxylic acids is 1. The zero-order chi connectivity index (χ0) is 13.0. The van der Waals surface area contributed by atoms with E-state index in [2.05, 4.69) is 21.2 Å². The number of nitrogens with one attached hydrogen (secondary N) is 1. The summed E-state index contributed by atoms with van der Waals surface area (Å²) in [6.07, 6.45) is 0. The fraction of sp³-hybridized carbons (Fsp3) is 0.273. The number of benzene rings is 1. The largest absolute Gasteiger partial charge is 0.389 e. The van der Waals surface area contributed by atoms with Crippen molar-refractivity contribution in [2.75, 3.05) is 26.0 Å². The quantitative estimate of drug-likeness (QED) is 0.828. The standard InChI is InChI=1S/C11H14BrN3OS/c1-15(2)10(16)6-14-9-4-3-7(11(13)17)5-8(9)12/h3-5,14H,6H2,1-2H3,(H2,13,17). The second-order valence-electron chi connectivity index (χ2n) is 3.70. The van der Waals surface area contributed by atoms with Crippen molar-refractivity contribution in [1.29, 1.82) is 0 Å². The van der Waals surface area contributed by atoms with Gasteiger partial charge in [0.25, 0.3) is 0 Å². The summed E-state index contributed by atoms with van der Waals surface area (Å²) in [5, 5.41) is 3.04. The highest BCUT2D eigenvalue weighted by Crippen LogP contribution is 2.23. The van der Waals surface area contributed by atoms with Gasteiger partial charge in [0.05, 0.1) is 6.54 Å². The van der Waals surface area contributed by atoms with Gasteiger partial charge in [0.15, 0.2) is 0 Å². The molecule has 0 saturated heterocycles. The van der Waals surface area contributed by atoms with Crippen LogP contribution in [0.15, 0.2) is 22.7 Å². The number of anilines is 1. The first-order valence-electron chi connectivity index (χ1n) is 4.95. The van der Waals surface area contributed by atoms with E-state index >= 15 is 0 Å². The van der Waals surface area contributed by atoms with Crippen molar-refractivity contribution in [2.45, 2.75) is 0 Å². The van der Waals surface area contributed by atoms with E-state index < -0.39 is 0 Å². The van der Waals surface area contributed by atoms with E-state index in [9.17, 15) is 4.79 Å². The van der Waals surface area contributed by atoms with Crippen LogP contribution in [0.1, 0.15) is 5.56 Å². The van der Waals surface area contributed by atoms with Crippen LogP contribution in [0.3, 0.4) is 0 Å². The number of hydrogen-bond acceptors (Lipinski definition) is 3. The molecule has 0 bridgehead atoms. The Morgan fingerprint density at radius 1 is 1.53 bits per heavy atom. The Morgan fingerprint density at radius 2 is 2.18 bits per heavy atom. The van der Waals surface area contributed by atoms with Crippen LogP contribution < -0.4 is 11.1 Å². The molecule has 0 aliphatic rings. The highest BCUT2D eigenvalue weighted by atomic mass is 79.9. The topological polar surface area (TPSA) is 58.4 Å². The molecule has 3 N–H and O–H groups in total. The van der Waals surface area contributed by atoms with Gasteiger partial charge in [-0.2, -0.15) is 0 Å². The molecule has 4 nitrogen and oxygen atoms in total. The van der Waals surface area contributed by atoms with Gasteiger partial charge in [-0.25, -0.2) is 0 Å². The fourth-order valence-electron chi connectivity index (χ4n) is 1.14. The van der Waals surface area contributed by atoms with Crippen LogP contribution in [0, 0.1) is 0 Å². The molecular weight excluding hydrogens is 302 g/mol. The van der Waals surface area contributed by atoms with Crippen molar-refractivity contribution in [3.05, 3.63) is 28.2 Å². The maximum absolute atomic E-state index is 11.4. The first kappa shape index (κ1) is 13.9. The van der Waals surface area contributed by atoms with E-state index in [1.807, 2.05) is 18.2 Å². The van der Waals surface area contributed by atoms with Gasteiger partial charge in [0, 0.05) is 29.8 Å². The summed E-state index contributed by atoms with van der Waals surface area (Å²) in [4.78, 5) is 13.3. The van der Waals surface area contributed by atoms with Crippen LogP contribution in [0.5, 0.6) is 0 Å². The molecule has 0 radical (unpaired) electrons. The van der Waals surface area contributed by atoms with E-state index in [4.69, 9.17) is 18.0 Å². The Hall–Kier alpha value is -1.14. The number of hydrogen-bond donors (Lipinski definition) is 2. The van der Waals surface area contributed by atoms with Gasteiger partial charge in [-0.3, -0.25) is 4.79 Å². The molecule has 92 valence electrons. The molecule has 1 amide bonds. The fourth-order valence-corrected chi connectivity index (χ4v) is 1.79. The Morgan fingerprint density at radius 3 is 2.65 bits per heavy atom. The molecule has 0 aliphatic heterocycles. The second-order valence-corrected chi connectivity index (χ2v) is 4.99. The molecule has 17 heavy (non-hydrogen) atoms. The number of thiocarbonyl (C=S) groups is 1. The molecule has 0 aromatic heterocycles. The Balaban J connectivity index is 2.73. The SMILES string of the molecule is CN(C)C(=O)CNc1ccc(C(N)=S)cc1Br. The lowest BCUT2D eigenvalue weighted by Gasteiger charge is -2.13. The summed E-state index contributed by atoms with van der Waals surface area (Å²) in [5.41, 5.74) is 7.15.